The quantitative estimate of drug-likeness (QED) is 0.925. The van der Waals surface area contributed by atoms with Crippen LogP contribution in [0.25, 0.3) is 0 Å². The van der Waals surface area contributed by atoms with Crippen LogP contribution >= 0.6 is 0 Å². The summed E-state index contributed by atoms with van der Waals surface area (Å²) in [6.45, 7) is 1.95. The highest BCUT2D eigenvalue weighted by molar-refractivity contribution is 5.97. The molecular weight excluding hydrogens is 326 g/mol. The molecule has 2 heterocycles. The first kappa shape index (κ1) is 16.8. The number of nitrogens with zero attached hydrogens (tertiary/aromatic N) is 2. The molecule has 0 radical (unpaired) electrons. The molecule has 0 spiro atoms. The van der Waals surface area contributed by atoms with Crippen molar-refractivity contribution in [3.05, 3.63) is 65.7 Å². The van der Waals surface area contributed by atoms with E-state index in [9.17, 15) is 9.59 Å². The summed E-state index contributed by atoms with van der Waals surface area (Å²) >= 11 is 0. The zero-order valence-electron chi connectivity index (χ0n) is 14.7. The molecule has 0 saturated carbocycles. The molecule has 2 saturated heterocycles. The third-order valence-electron chi connectivity index (χ3n) is 5.38. The number of likely N-dealkylation sites (tertiary alicyclic amines) is 1. The number of carbonyl (C=O) groups excluding carboxylic acids is 2. The summed E-state index contributed by atoms with van der Waals surface area (Å²) in [4.78, 5) is 28.3. The largest absolute Gasteiger partial charge is 0.336 e. The Morgan fingerprint density at radius 1 is 1.00 bits per heavy atom. The lowest BCUT2D eigenvalue weighted by molar-refractivity contribution is -0.117. The van der Waals surface area contributed by atoms with E-state index in [1.165, 1.54) is 5.56 Å². The number of anilines is 1. The maximum absolute atomic E-state index is 12.9. The van der Waals surface area contributed by atoms with Crippen LogP contribution in [-0.2, 0) is 4.79 Å². The lowest BCUT2D eigenvalue weighted by Gasteiger charge is -2.18. The molecule has 0 bridgehead atoms. The zero-order chi connectivity index (χ0) is 18.1. The minimum Gasteiger partial charge on any atom is -0.336 e. The van der Waals surface area contributed by atoms with E-state index in [0.29, 0.717) is 25.1 Å². The number of carbonyl (C=O) groups is 2. The molecule has 4 rings (SSSR count). The molecule has 0 aliphatic carbocycles. The van der Waals surface area contributed by atoms with E-state index in [2.05, 4.69) is 12.1 Å². The molecule has 26 heavy (non-hydrogen) atoms. The highest BCUT2D eigenvalue weighted by atomic mass is 16.2. The Morgan fingerprint density at radius 3 is 2.38 bits per heavy atom. The summed E-state index contributed by atoms with van der Waals surface area (Å²) in [5.74, 6) is 0.320. The Labute approximate surface area is 153 Å². The minimum atomic E-state index is -0.0529. The van der Waals surface area contributed by atoms with Gasteiger partial charge in [0.25, 0.3) is 5.91 Å². The molecular formula is C21H23N3O2. The SMILES string of the molecule is N[C@@H]1CN(C(=O)c2ccc(N3CCCC3=O)cc2)C[C@H]1c1ccccc1. The van der Waals surface area contributed by atoms with Crippen LogP contribution in [0.2, 0.25) is 0 Å². The molecule has 2 aliphatic heterocycles. The van der Waals surface area contributed by atoms with Gasteiger partial charge in [0, 0.05) is 49.3 Å². The number of amides is 2. The standard InChI is InChI=1S/C21H23N3O2/c22-19-14-23(13-18(19)15-5-2-1-3-6-15)21(26)16-8-10-17(11-9-16)24-12-4-7-20(24)25/h1-3,5-6,8-11,18-19H,4,7,12-14,22H2/t18-,19+/m0/s1. The first-order valence-corrected chi connectivity index (χ1v) is 9.14. The number of rotatable bonds is 3. The van der Waals surface area contributed by atoms with Crippen LogP contribution in [0.3, 0.4) is 0 Å². The van der Waals surface area contributed by atoms with Crippen LogP contribution < -0.4 is 10.6 Å². The average Bonchev–Trinajstić information content (AvgIpc) is 3.28. The van der Waals surface area contributed by atoms with Crippen LogP contribution in [-0.4, -0.2) is 42.4 Å². The van der Waals surface area contributed by atoms with Crippen molar-refractivity contribution in [2.75, 3.05) is 24.5 Å². The first-order chi connectivity index (χ1) is 12.6. The van der Waals surface area contributed by atoms with Gasteiger partial charge in [-0.3, -0.25) is 9.59 Å². The van der Waals surface area contributed by atoms with E-state index in [-0.39, 0.29) is 23.8 Å². The summed E-state index contributed by atoms with van der Waals surface area (Å²) in [5, 5.41) is 0. The van der Waals surface area contributed by atoms with Gasteiger partial charge in [-0.25, -0.2) is 0 Å². The summed E-state index contributed by atoms with van der Waals surface area (Å²) in [5.41, 5.74) is 8.99. The molecule has 0 aromatic heterocycles. The van der Waals surface area contributed by atoms with Crippen molar-refractivity contribution in [2.45, 2.75) is 24.8 Å². The third-order valence-corrected chi connectivity index (χ3v) is 5.38. The lowest BCUT2D eigenvalue weighted by Crippen LogP contribution is -2.32. The van der Waals surface area contributed by atoms with Crippen molar-refractivity contribution in [2.24, 2.45) is 5.73 Å². The van der Waals surface area contributed by atoms with Crippen molar-refractivity contribution in [3.8, 4) is 0 Å². The molecule has 0 unspecified atom stereocenters. The molecule has 2 fully saturated rings. The van der Waals surface area contributed by atoms with Gasteiger partial charge in [-0.05, 0) is 36.2 Å². The maximum atomic E-state index is 12.9. The van der Waals surface area contributed by atoms with E-state index in [1.807, 2.05) is 47.4 Å². The lowest BCUT2D eigenvalue weighted by atomic mass is 9.95. The van der Waals surface area contributed by atoms with E-state index in [0.717, 1.165) is 18.7 Å². The van der Waals surface area contributed by atoms with Crippen LogP contribution in [0.1, 0.15) is 34.7 Å². The van der Waals surface area contributed by atoms with Crippen LogP contribution in [0, 0.1) is 0 Å². The fraction of sp³-hybridized carbons (Fsp3) is 0.333. The average molecular weight is 349 g/mol. The van der Waals surface area contributed by atoms with E-state index >= 15 is 0 Å². The number of hydrogen-bond donors (Lipinski definition) is 1. The number of benzene rings is 2. The predicted octanol–water partition coefficient (Wildman–Crippen LogP) is 2.38. The topological polar surface area (TPSA) is 66.6 Å². The smallest absolute Gasteiger partial charge is 0.253 e. The predicted molar refractivity (Wildman–Crippen MR) is 101 cm³/mol. The minimum absolute atomic E-state index is 0.00169. The molecule has 2 N–H and O–H groups in total. The van der Waals surface area contributed by atoms with E-state index < -0.39 is 0 Å². The van der Waals surface area contributed by atoms with Gasteiger partial charge in [-0.2, -0.15) is 0 Å². The van der Waals surface area contributed by atoms with Gasteiger partial charge in [0.15, 0.2) is 0 Å². The third kappa shape index (κ3) is 3.10. The Bertz CT molecular complexity index is 804. The summed E-state index contributed by atoms with van der Waals surface area (Å²) in [6.07, 6.45) is 1.50. The van der Waals surface area contributed by atoms with Gasteiger partial charge in [0.05, 0.1) is 0 Å². The Hall–Kier alpha value is -2.66. The van der Waals surface area contributed by atoms with Gasteiger partial charge in [0.2, 0.25) is 5.91 Å². The molecule has 2 atom stereocenters. The summed E-state index contributed by atoms with van der Waals surface area (Å²) in [7, 11) is 0. The van der Waals surface area contributed by atoms with E-state index in [1.54, 1.807) is 4.90 Å². The normalized spacial score (nSPS) is 22.9. The first-order valence-electron chi connectivity index (χ1n) is 9.14. The Balaban J connectivity index is 1.47. The molecule has 2 aromatic carbocycles. The molecule has 2 amide bonds. The van der Waals surface area contributed by atoms with Crippen LogP contribution in [0.15, 0.2) is 54.6 Å². The Morgan fingerprint density at radius 2 is 1.73 bits per heavy atom. The van der Waals surface area contributed by atoms with Gasteiger partial charge < -0.3 is 15.5 Å². The van der Waals surface area contributed by atoms with Crippen molar-refractivity contribution in [3.63, 3.8) is 0 Å². The number of hydrogen-bond acceptors (Lipinski definition) is 3. The fourth-order valence-electron chi connectivity index (χ4n) is 3.94. The van der Waals surface area contributed by atoms with Gasteiger partial charge >= 0.3 is 0 Å². The Kier molecular flexibility index (Phi) is 4.47. The van der Waals surface area contributed by atoms with Crippen molar-refractivity contribution in [1.82, 2.24) is 4.90 Å². The highest BCUT2D eigenvalue weighted by Crippen LogP contribution is 2.28. The second kappa shape index (κ2) is 6.92. The molecule has 5 nitrogen and oxygen atoms in total. The van der Waals surface area contributed by atoms with Gasteiger partial charge in [-0.15, -0.1) is 0 Å². The van der Waals surface area contributed by atoms with Crippen LogP contribution in [0.5, 0.6) is 0 Å². The van der Waals surface area contributed by atoms with Crippen LogP contribution in [0.4, 0.5) is 5.69 Å². The molecule has 134 valence electrons. The second-order valence-electron chi connectivity index (χ2n) is 7.09. The second-order valence-corrected chi connectivity index (χ2v) is 7.09. The summed E-state index contributed by atoms with van der Waals surface area (Å²) in [6, 6.07) is 17.4. The maximum Gasteiger partial charge on any atom is 0.253 e. The number of nitrogens with two attached hydrogens (primary N) is 1. The fourth-order valence-corrected chi connectivity index (χ4v) is 3.94. The molecule has 5 heteroatoms. The zero-order valence-corrected chi connectivity index (χ0v) is 14.7. The van der Waals surface area contributed by atoms with Gasteiger partial charge in [0.1, 0.15) is 0 Å². The molecule has 2 aromatic rings. The van der Waals surface area contributed by atoms with Gasteiger partial charge in [-0.1, -0.05) is 30.3 Å². The molecule has 2 aliphatic rings. The highest BCUT2D eigenvalue weighted by Gasteiger charge is 2.34. The van der Waals surface area contributed by atoms with Crippen molar-refractivity contribution in [1.29, 1.82) is 0 Å². The summed E-state index contributed by atoms with van der Waals surface area (Å²) < 4.78 is 0. The van der Waals surface area contributed by atoms with Crippen molar-refractivity contribution >= 4 is 17.5 Å². The van der Waals surface area contributed by atoms with Crippen molar-refractivity contribution < 1.29 is 9.59 Å². The monoisotopic (exact) mass is 349 g/mol. The van der Waals surface area contributed by atoms with E-state index in [4.69, 9.17) is 5.73 Å².